The second-order valence-corrected chi connectivity index (χ2v) is 3.42. The summed E-state index contributed by atoms with van der Waals surface area (Å²) >= 11 is 0. The molecule has 0 saturated carbocycles. The first-order valence-electron chi connectivity index (χ1n) is 4.67. The van der Waals surface area contributed by atoms with Gasteiger partial charge in [-0.1, -0.05) is 0 Å². The Kier molecular flexibility index (Phi) is 1.70. The van der Waals surface area contributed by atoms with Gasteiger partial charge in [0.15, 0.2) is 5.65 Å². The van der Waals surface area contributed by atoms with Crippen molar-refractivity contribution in [3.63, 3.8) is 0 Å². The van der Waals surface area contributed by atoms with Crippen LogP contribution < -0.4 is 0 Å². The molecule has 0 radical (unpaired) electrons. The maximum Gasteiger partial charge on any atom is 0.182 e. The van der Waals surface area contributed by atoms with Crippen LogP contribution in [0.1, 0.15) is 6.42 Å². The standard InChI is InChI=1S/C9H10N4O/c1-3-11-12-9-8(1)10-6-13(9)5-7-2-4-14-7/h1,3,6-7H,2,4-5H2. The summed E-state index contributed by atoms with van der Waals surface area (Å²) < 4.78 is 7.35. The average Bonchev–Trinajstić information content (AvgIpc) is 2.55. The van der Waals surface area contributed by atoms with E-state index < -0.39 is 0 Å². The smallest absolute Gasteiger partial charge is 0.182 e. The van der Waals surface area contributed by atoms with Crippen LogP contribution in [0.15, 0.2) is 18.6 Å². The summed E-state index contributed by atoms with van der Waals surface area (Å²) in [6, 6.07) is 1.86. The number of fused-ring (bicyclic) bond motifs is 1. The monoisotopic (exact) mass is 190 g/mol. The summed E-state index contributed by atoms with van der Waals surface area (Å²) in [6.07, 6.45) is 4.90. The Hall–Kier alpha value is -1.49. The van der Waals surface area contributed by atoms with Crippen molar-refractivity contribution in [2.75, 3.05) is 6.61 Å². The molecule has 1 atom stereocenters. The molecule has 1 aliphatic heterocycles. The van der Waals surface area contributed by atoms with Crippen molar-refractivity contribution in [1.82, 2.24) is 19.7 Å². The number of hydrogen-bond acceptors (Lipinski definition) is 4. The van der Waals surface area contributed by atoms with Crippen LogP contribution in [0, 0.1) is 0 Å². The summed E-state index contributed by atoms with van der Waals surface area (Å²) in [6.45, 7) is 1.71. The quantitative estimate of drug-likeness (QED) is 0.696. The third kappa shape index (κ3) is 1.17. The molecule has 14 heavy (non-hydrogen) atoms. The van der Waals surface area contributed by atoms with E-state index in [-0.39, 0.29) is 0 Å². The highest BCUT2D eigenvalue weighted by Gasteiger charge is 2.19. The van der Waals surface area contributed by atoms with Gasteiger partial charge < -0.3 is 9.30 Å². The van der Waals surface area contributed by atoms with Gasteiger partial charge in [0.05, 0.1) is 25.2 Å². The van der Waals surface area contributed by atoms with Gasteiger partial charge >= 0.3 is 0 Å². The molecule has 0 aromatic carbocycles. The van der Waals surface area contributed by atoms with Crippen LogP contribution >= 0.6 is 0 Å². The first-order valence-corrected chi connectivity index (χ1v) is 4.67. The SMILES string of the molecule is c1cc2ncn(CC3CCO3)c2nn1. The van der Waals surface area contributed by atoms with Crippen LogP contribution in [0.4, 0.5) is 0 Å². The highest BCUT2D eigenvalue weighted by Crippen LogP contribution is 2.15. The van der Waals surface area contributed by atoms with Crippen molar-refractivity contribution < 1.29 is 4.74 Å². The number of ether oxygens (including phenoxy) is 1. The number of aromatic nitrogens is 4. The largest absolute Gasteiger partial charge is 0.376 e. The molecule has 5 nitrogen and oxygen atoms in total. The molecular weight excluding hydrogens is 180 g/mol. The van der Waals surface area contributed by atoms with Crippen LogP contribution in [0.5, 0.6) is 0 Å². The van der Waals surface area contributed by atoms with E-state index in [0.717, 1.165) is 30.7 Å². The first kappa shape index (κ1) is 7.87. The van der Waals surface area contributed by atoms with E-state index in [1.165, 1.54) is 0 Å². The molecular formula is C9H10N4O. The molecule has 5 heteroatoms. The van der Waals surface area contributed by atoms with Gasteiger partial charge in [0.2, 0.25) is 0 Å². The number of imidazole rings is 1. The maximum atomic E-state index is 5.36. The molecule has 3 heterocycles. The van der Waals surface area contributed by atoms with Gasteiger partial charge in [0, 0.05) is 6.61 Å². The summed E-state index contributed by atoms with van der Waals surface area (Å²) in [4.78, 5) is 4.24. The van der Waals surface area contributed by atoms with Crippen molar-refractivity contribution in [1.29, 1.82) is 0 Å². The van der Waals surface area contributed by atoms with Gasteiger partial charge in [0.25, 0.3) is 0 Å². The second kappa shape index (κ2) is 3.02. The molecule has 1 saturated heterocycles. The fourth-order valence-corrected chi connectivity index (χ4v) is 1.59. The summed E-state index contributed by atoms with van der Waals surface area (Å²) in [7, 11) is 0. The van der Waals surface area contributed by atoms with E-state index in [1.807, 2.05) is 10.6 Å². The third-order valence-electron chi connectivity index (χ3n) is 2.48. The minimum absolute atomic E-state index is 0.328. The Labute approximate surface area is 80.7 Å². The Morgan fingerprint density at radius 1 is 1.57 bits per heavy atom. The topological polar surface area (TPSA) is 52.8 Å². The third-order valence-corrected chi connectivity index (χ3v) is 2.48. The van der Waals surface area contributed by atoms with Crippen LogP contribution in [-0.4, -0.2) is 32.5 Å². The van der Waals surface area contributed by atoms with E-state index in [1.54, 1.807) is 12.5 Å². The molecule has 3 rings (SSSR count). The molecule has 0 N–H and O–H groups in total. The van der Waals surface area contributed by atoms with E-state index in [9.17, 15) is 0 Å². The van der Waals surface area contributed by atoms with Crippen molar-refractivity contribution in [3.8, 4) is 0 Å². The minimum atomic E-state index is 0.328. The van der Waals surface area contributed by atoms with Gasteiger partial charge in [-0.25, -0.2) is 4.98 Å². The van der Waals surface area contributed by atoms with Gasteiger partial charge in [-0.15, -0.1) is 5.10 Å². The molecule has 2 aromatic rings. The molecule has 1 unspecified atom stereocenters. The molecule has 1 aliphatic rings. The van der Waals surface area contributed by atoms with Crippen LogP contribution in [0.25, 0.3) is 11.2 Å². The van der Waals surface area contributed by atoms with Gasteiger partial charge in [-0.2, -0.15) is 5.10 Å². The molecule has 2 aromatic heterocycles. The highest BCUT2D eigenvalue weighted by molar-refractivity contribution is 5.69. The Balaban J connectivity index is 1.95. The number of rotatable bonds is 2. The second-order valence-electron chi connectivity index (χ2n) is 3.42. The predicted molar refractivity (Wildman–Crippen MR) is 49.7 cm³/mol. The average molecular weight is 190 g/mol. The normalized spacial score (nSPS) is 21.0. The van der Waals surface area contributed by atoms with Crippen LogP contribution in [0.3, 0.4) is 0 Å². The summed E-state index contributed by atoms with van der Waals surface area (Å²) in [5.41, 5.74) is 1.72. The highest BCUT2D eigenvalue weighted by atomic mass is 16.5. The van der Waals surface area contributed by atoms with E-state index in [4.69, 9.17) is 4.74 Å². The van der Waals surface area contributed by atoms with E-state index in [0.29, 0.717) is 6.10 Å². The minimum Gasteiger partial charge on any atom is -0.376 e. The molecule has 0 aliphatic carbocycles. The zero-order chi connectivity index (χ0) is 9.38. The van der Waals surface area contributed by atoms with Crippen molar-refractivity contribution in [3.05, 3.63) is 18.6 Å². The van der Waals surface area contributed by atoms with Gasteiger partial charge in [-0.3, -0.25) is 0 Å². The van der Waals surface area contributed by atoms with E-state index >= 15 is 0 Å². The zero-order valence-electron chi connectivity index (χ0n) is 7.63. The van der Waals surface area contributed by atoms with Crippen LogP contribution in [-0.2, 0) is 11.3 Å². The lowest BCUT2D eigenvalue weighted by Gasteiger charge is -2.26. The van der Waals surface area contributed by atoms with Crippen molar-refractivity contribution >= 4 is 11.2 Å². The zero-order valence-corrected chi connectivity index (χ0v) is 7.63. The van der Waals surface area contributed by atoms with Crippen molar-refractivity contribution in [2.24, 2.45) is 0 Å². The van der Waals surface area contributed by atoms with E-state index in [2.05, 4.69) is 15.2 Å². The number of hydrogen-bond donors (Lipinski definition) is 0. The van der Waals surface area contributed by atoms with Crippen LogP contribution in [0.2, 0.25) is 0 Å². The maximum absolute atomic E-state index is 5.36. The van der Waals surface area contributed by atoms with Gasteiger partial charge in [0.1, 0.15) is 5.52 Å². The molecule has 0 bridgehead atoms. The number of nitrogens with zero attached hydrogens (tertiary/aromatic N) is 4. The lowest BCUT2D eigenvalue weighted by atomic mass is 10.2. The Bertz CT molecular complexity index is 449. The van der Waals surface area contributed by atoms with Crippen molar-refractivity contribution in [2.45, 2.75) is 19.1 Å². The Morgan fingerprint density at radius 3 is 3.29 bits per heavy atom. The first-order chi connectivity index (χ1) is 6.93. The lowest BCUT2D eigenvalue weighted by molar-refractivity contribution is -0.0587. The molecule has 72 valence electrons. The predicted octanol–water partition coefficient (Wildman–Crippen LogP) is 0.615. The Morgan fingerprint density at radius 2 is 2.50 bits per heavy atom. The summed E-state index contributed by atoms with van der Waals surface area (Å²) in [5.74, 6) is 0. The summed E-state index contributed by atoms with van der Waals surface area (Å²) in [5, 5.41) is 7.89. The lowest BCUT2D eigenvalue weighted by Crippen LogP contribution is -2.31. The molecule has 1 fully saturated rings. The molecule has 0 amide bonds. The van der Waals surface area contributed by atoms with Gasteiger partial charge in [-0.05, 0) is 12.5 Å². The fourth-order valence-electron chi connectivity index (χ4n) is 1.59. The fraction of sp³-hybridized carbons (Fsp3) is 0.444. The molecule has 0 spiro atoms.